The molecule has 2 heteroatoms. The second-order valence-corrected chi connectivity index (χ2v) is 3.20. The van der Waals surface area contributed by atoms with Crippen molar-refractivity contribution in [2.24, 2.45) is 5.73 Å². The van der Waals surface area contributed by atoms with Gasteiger partial charge in [0.25, 0.3) is 0 Å². The van der Waals surface area contributed by atoms with Crippen molar-refractivity contribution < 1.29 is 0 Å². The molecule has 0 amide bonds. The summed E-state index contributed by atoms with van der Waals surface area (Å²) in [5.74, 6) is 0. The number of hydrogen-bond donors (Lipinski definition) is 1. The van der Waals surface area contributed by atoms with Crippen LogP contribution in [-0.4, -0.2) is 30.1 Å². The lowest BCUT2D eigenvalue weighted by atomic mass is 10.1. The van der Waals surface area contributed by atoms with E-state index in [0.717, 1.165) is 6.04 Å². The second kappa shape index (κ2) is 1.96. The van der Waals surface area contributed by atoms with E-state index in [9.17, 15) is 0 Å². The fourth-order valence-electron chi connectivity index (χ4n) is 2.12. The molecular formula is C7H14N2. The first-order valence-electron chi connectivity index (χ1n) is 3.87. The standard InChI is InChI=1S/C7H14N2/c8-6-3-5-9-4-1-2-7(6)9/h6-7H,1-5,8H2/t6-,7+/m0/s1. The minimum Gasteiger partial charge on any atom is -0.326 e. The molecule has 2 N–H and O–H groups in total. The number of fused-ring (bicyclic) bond motifs is 1. The van der Waals surface area contributed by atoms with Crippen LogP contribution in [0.4, 0.5) is 0 Å². The molecular weight excluding hydrogens is 112 g/mol. The maximum atomic E-state index is 5.88. The fourth-order valence-corrected chi connectivity index (χ4v) is 2.12. The highest BCUT2D eigenvalue weighted by molar-refractivity contribution is 4.93. The summed E-state index contributed by atoms with van der Waals surface area (Å²) in [6.45, 7) is 2.56. The molecule has 0 bridgehead atoms. The molecule has 0 aromatic carbocycles. The van der Waals surface area contributed by atoms with Gasteiger partial charge >= 0.3 is 0 Å². The number of rotatable bonds is 0. The van der Waals surface area contributed by atoms with Crippen molar-refractivity contribution in [1.29, 1.82) is 0 Å². The van der Waals surface area contributed by atoms with E-state index < -0.39 is 0 Å². The van der Waals surface area contributed by atoms with E-state index in [1.807, 2.05) is 0 Å². The average Bonchev–Trinajstić information content (AvgIpc) is 2.35. The molecule has 0 aliphatic carbocycles. The maximum absolute atomic E-state index is 5.88. The van der Waals surface area contributed by atoms with Gasteiger partial charge in [0.05, 0.1) is 0 Å². The number of nitrogens with two attached hydrogens (primary N) is 1. The summed E-state index contributed by atoms with van der Waals surface area (Å²) >= 11 is 0. The zero-order valence-corrected chi connectivity index (χ0v) is 5.71. The van der Waals surface area contributed by atoms with Crippen molar-refractivity contribution in [3.05, 3.63) is 0 Å². The van der Waals surface area contributed by atoms with Crippen molar-refractivity contribution in [3.8, 4) is 0 Å². The Morgan fingerprint density at radius 3 is 2.89 bits per heavy atom. The zero-order chi connectivity index (χ0) is 6.27. The van der Waals surface area contributed by atoms with Gasteiger partial charge in [-0.25, -0.2) is 0 Å². The van der Waals surface area contributed by atoms with Crippen LogP contribution in [0.25, 0.3) is 0 Å². The topological polar surface area (TPSA) is 29.3 Å². The van der Waals surface area contributed by atoms with Gasteiger partial charge < -0.3 is 5.73 Å². The van der Waals surface area contributed by atoms with Crippen LogP contribution in [0.15, 0.2) is 0 Å². The van der Waals surface area contributed by atoms with E-state index in [1.165, 1.54) is 32.4 Å². The molecule has 2 saturated heterocycles. The highest BCUT2D eigenvalue weighted by Crippen LogP contribution is 2.26. The van der Waals surface area contributed by atoms with Crippen LogP contribution in [0, 0.1) is 0 Å². The quantitative estimate of drug-likeness (QED) is 0.502. The van der Waals surface area contributed by atoms with E-state index in [4.69, 9.17) is 5.73 Å². The van der Waals surface area contributed by atoms with Crippen molar-refractivity contribution in [2.45, 2.75) is 31.3 Å². The van der Waals surface area contributed by atoms with Gasteiger partial charge in [-0.15, -0.1) is 0 Å². The molecule has 0 saturated carbocycles. The van der Waals surface area contributed by atoms with Crippen molar-refractivity contribution in [2.75, 3.05) is 13.1 Å². The lowest BCUT2D eigenvalue weighted by Gasteiger charge is -2.15. The Hall–Kier alpha value is -0.0800. The Morgan fingerprint density at radius 2 is 2.11 bits per heavy atom. The lowest BCUT2D eigenvalue weighted by Crippen LogP contribution is -2.34. The Morgan fingerprint density at radius 1 is 1.22 bits per heavy atom. The highest BCUT2D eigenvalue weighted by Gasteiger charge is 2.34. The van der Waals surface area contributed by atoms with Gasteiger partial charge in [0.15, 0.2) is 0 Å². The van der Waals surface area contributed by atoms with E-state index in [1.54, 1.807) is 0 Å². The molecule has 9 heavy (non-hydrogen) atoms. The van der Waals surface area contributed by atoms with E-state index in [-0.39, 0.29) is 0 Å². The predicted molar refractivity (Wildman–Crippen MR) is 37.2 cm³/mol. The van der Waals surface area contributed by atoms with Gasteiger partial charge in [-0.1, -0.05) is 0 Å². The SMILES string of the molecule is N[C@H]1CCN2CCC[C@H]12. The lowest BCUT2D eigenvalue weighted by molar-refractivity contribution is 0.314. The number of nitrogens with zero attached hydrogens (tertiary/aromatic N) is 1. The van der Waals surface area contributed by atoms with Crippen LogP contribution in [0.1, 0.15) is 19.3 Å². The van der Waals surface area contributed by atoms with E-state index >= 15 is 0 Å². The molecule has 0 unspecified atom stereocenters. The van der Waals surface area contributed by atoms with Crippen LogP contribution in [0.3, 0.4) is 0 Å². The summed E-state index contributed by atoms with van der Waals surface area (Å²) in [6, 6.07) is 1.25. The van der Waals surface area contributed by atoms with Crippen LogP contribution >= 0.6 is 0 Å². The van der Waals surface area contributed by atoms with Crippen molar-refractivity contribution in [1.82, 2.24) is 4.90 Å². The second-order valence-electron chi connectivity index (χ2n) is 3.20. The first-order valence-corrected chi connectivity index (χ1v) is 3.87. The molecule has 2 rings (SSSR count). The normalized spacial score (nSPS) is 43.7. The minimum atomic E-state index is 0.493. The third-order valence-corrected chi connectivity index (χ3v) is 2.66. The first-order chi connectivity index (χ1) is 4.38. The molecule has 2 aliphatic rings. The van der Waals surface area contributed by atoms with Crippen molar-refractivity contribution in [3.63, 3.8) is 0 Å². The Bertz CT molecular complexity index is 113. The molecule has 2 atom stereocenters. The van der Waals surface area contributed by atoms with Gasteiger partial charge in [0.1, 0.15) is 0 Å². The largest absolute Gasteiger partial charge is 0.326 e. The molecule has 0 radical (unpaired) electrons. The first kappa shape index (κ1) is 5.69. The van der Waals surface area contributed by atoms with Crippen LogP contribution in [-0.2, 0) is 0 Å². The third kappa shape index (κ3) is 0.775. The van der Waals surface area contributed by atoms with Crippen LogP contribution < -0.4 is 5.73 Å². The molecule has 2 fully saturated rings. The molecule has 0 spiro atoms. The molecule has 0 aromatic heterocycles. The summed E-state index contributed by atoms with van der Waals surface area (Å²) in [5.41, 5.74) is 5.88. The summed E-state index contributed by atoms with van der Waals surface area (Å²) in [6.07, 6.45) is 3.95. The Labute approximate surface area is 56.0 Å². The number of hydrogen-bond acceptors (Lipinski definition) is 2. The Kier molecular flexibility index (Phi) is 1.24. The third-order valence-electron chi connectivity index (χ3n) is 2.66. The monoisotopic (exact) mass is 126 g/mol. The van der Waals surface area contributed by atoms with Crippen molar-refractivity contribution >= 4 is 0 Å². The Balaban J connectivity index is 2.07. The van der Waals surface area contributed by atoms with Gasteiger partial charge in [0.2, 0.25) is 0 Å². The fraction of sp³-hybridized carbons (Fsp3) is 1.00. The summed E-state index contributed by atoms with van der Waals surface area (Å²) < 4.78 is 0. The van der Waals surface area contributed by atoms with Crippen LogP contribution in [0.2, 0.25) is 0 Å². The molecule has 2 heterocycles. The van der Waals surface area contributed by atoms with Gasteiger partial charge in [-0.2, -0.15) is 0 Å². The smallest absolute Gasteiger partial charge is 0.0248 e. The van der Waals surface area contributed by atoms with Gasteiger partial charge in [-0.3, -0.25) is 4.90 Å². The predicted octanol–water partition coefficient (Wildman–Crippen LogP) is 0.182. The average molecular weight is 126 g/mol. The maximum Gasteiger partial charge on any atom is 0.0248 e. The molecule has 0 aromatic rings. The zero-order valence-electron chi connectivity index (χ0n) is 5.71. The van der Waals surface area contributed by atoms with Gasteiger partial charge in [0, 0.05) is 18.6 Å². The summed E-state index contributed by atoms with van der Waals surface area (Å²) in [7, 11) is 0. The molecule has 2 aliphatic heterocycles. The van der Waals surface area contributed by atoms with Gasteiger partial charge in [-0.05, 0) is 25.8 Å². The van der Waals surface area contributed by atoms with Crippen LogP contribution in [0.5, 0.6) is 0 Å². The van der Waals surface area contributed by atoms with E-state index in [0.29, 0.717) is 6.04 Å². The molecule has 2 nitrogen and oxygen atoms in total. The van der Waals surface area contributed by atoms with E-state index in [2.05, 4.69) is 4.90 Å². The molecule has 52 valence electrons. The highest BCUT2D eigenvalue weighted by atomic mass is 15.2. The summed E-state index contributed by atoms with van der Waals surface area (Å²) in [5, 5.41) is 0. The summed E-state index contributed by atoms with van der Waals surface area (Å²) in [4.78, 5) is 2.53. The minimum absolute atomic E-state index is 0.493.